The van der Waals surface area contributed by atoms with Crippen LogP contribution in [-0.4, -0.2) is 40.9 Å². The van der Waals surface area contributed by atoms with Gasteiger partial charge < -0.3 is 15.1 Å². The summed E-state index contributed by atoms with van der Waals surface area (Å²) in [7, 11) is 1.58. The third-order valence-corrected chi connectivity index (χ3v) is 5.23. The largest absolute Gasteiger partial charge is 0.419 e. The van der Waals surface area contributed by atoms with E-state index in [9.17, 15) is 18.8 Å². The lowest BCUT2D eigenvalue weighted by atomic mass is 10.2. The van der Waals surface area contributed by atoms with Gasteiger partial charge in [0.25, 0.3) is 11.8 Å². The van der Waals surface area contributed by atoms with Crippen molar-refractivity contribution in [2.24, 2.45) is 7.05 Å². The van der Waals surface area contributed by atoms with Gasteiger partial charge >= 0.3 is 5.76 Å². The van der Waals surface area contributed by atoms with Crippen LogP contribution in [0.25, 0.3) is 16.7 Å². The fraction of sp³-hybridized carbons (Fsp3) is 0.136. The molecule has 0 aliphatic carbocycles. The molecule has 0 aliphatic rings. The highest BCUT2D eigenvalue weighted by Gasteiger charge is 2.20. The summed E-state index contributed by atoms with van der Waals surface area (Å²) >= 11 is 0. The van der Waals surface area contributed by atoms with Gasteiger partial charge in [-0.05, 0) is 23.8 Å². The monoisotopic (exact) mass is 476 g/mol. The van der Waals surface area contributed by atoms with Crippen molar-refractivity contribution >= 4 is 28.6 Å². The summed E-state index contributed by atoms with van der Waals surface area (Å²) < 4.78 is 21.7. The minimum absolute atomic E-state index is 0.0216. The lowest BCUT2D eigenvalue weighted by Gasteiger charge is -2.09. The Hall–Kier alpha value is -4.94. The van der Waals surface area contributed by atoms with Gasteiger partial charge in [0.15, 0.2) is 17.0 Å². The number of aryl methyl sites for hydroxylation is 1. The smallest absolute Gasteiger partial charge is 0.408 e. The summed E-state index contributed by atoms with van der Waals surface area (Å²) in [5.41, 5.74) is 1.16. The van der Waals surface area contributed by atoms with Crippen LogP contribution in [0.4, 0.5) is 4.39 Å². The van der Waals surface area contributed by atoms with Crippen molar-refractivity contribution in [3.05, 3.63) is 88.1 Å². The Morgan fingerprint density at radius 1 is 1.09 bits per heavy atom. The molecule has 0 radical (unpaired) electrons. The number of halogens is 1. The maximum absolute atomic E-state index is 14.3. The molecule has 0 saturated carbocycles. The summed E-state index contributed by atoms with van der Waals surface area (Å²) in [4.78, 5) is 49.4. The lowest BCUT2D eigenvalue weighted by molar-refractivity contribution is 0.0941. The van der Waals surface area contributed by atoms with Crippen molar-refractivity contribution in [1.29, 1.82) is 0 Å². The van der Waals surface area contributed by atoms with Crippen molar-refractivity contribution in [2.75, 3.05) is 0 Å². The number of hydrogen-bond donors (Lipinski definition) is 2. The highest BCUT2D eigenvalue weighted by atomic mass is 19.1. The number of oxazole rings is 1. The summed E-state index contributed by atoms with van der Waals surface area (Å²) in [5, 5.41) is 9.15. The van der Waals surface area contributed by atoms with Gasteiger partial charge in [-0.3, -0.25) is 14.2 Å². The van der Waals surface area contributed by atoms with Gasteiger partial charge in [0.05, 0.1) is 18.3 Å². The van der Waals surface area contributed by atoms with E-state index in [0.717, 1.165) is 10.7 Å². The van der Waals surface area contributed by atoms with Crippen molar-refractivity contribution in [1.82, 2.24) is 39.8 Å². The average Bonchev–Trinajstić information content (AvgIpc) is 3.39. The molecular weight excluding hydrogens is 459 g/mol. The highest BCUT2D eigenvalue weighted by Crippen LogP contribution is 2.15. The zero-order chi connectivity index (χ0) is 24.5. The summed E-state index contributed by atoms with van der Waals surface area (Å²) in [6, 6.07) is 7.90. The van der Waals surface area contributed by atoms with Crippen LogP contribution in [0.2, 0.25) is 0 Å². The molecule has 13 heteroatoms. The first kappa shape index (κ1) is 21.9. The molecule has 0 saturated heterocycles. The van der Waals surface area contributed by atoms with Gasteiger partial charge in [0.1, 0.15) is 17.2 Å². The number of carbonyl (C=O) groups excluding carboxylic acids is 2. The van der Waals surface area contributed by atoms with Gasteiger partial charge in [-0.1, -0.05) is 6.07 Å². The Bertz CT molecular complexity index is 1640. The topological polar surface area (TPSA) is 149 Å². The molecule has 2 N–H and O–H groups in total. The Balaban J connectivity index is 1.38. The summed E-state index contributed by atoms with van der Waals surface area (Å²) in [5.74, 6) is -2.15. The number of hydrogen-bond acceptors (Lipinski definition) is 8. The van der Waals surface area contributed by atoms with Crippen LogP contribution >= 0.6 is 0 Å². The normalized spacial score (nSPS) is 11.1. The molecule has 1 aromatic carbocycles. The predicted molar refractivity (Wildman–Crippen MR) is 119 cm³/mol. The minimum Gasteiger partial charge on any atom is -0.408 e. The SMILES string of the molecule is Cn1c(=O)oc2ccc(CNC(=O)c3cc(C(=O)NCc4ncccn4)n4ncc(F)c4n3)cc21. The number of fused-ring (bicyclic) bond motifs is 2. The highest BCUT2D eigenvalue weighted by molar-refractivity contribution is 5.98. The van der Waals surface area contributed by atoms with E-state index in [0.29, 0.717) is 22.5 Å². The van der Waals surface area contributed by atoms with Gasteiger partial charge in [-0.15, -0.1) is 0 Å². The van der Waals surface area contributed by atoms with E-state index in [1.54, 1.807) is 31.3 Å². The predicted octanol–water partition coefficient (Wildman–Crippen LogP) is 0.963. The first-order valence-corrected chi connectivity index (χ1v) is 10.4. The molecule has 0 atom stereocenters. The summed E-state index contributed by atoms with van der Waals surface area (Å²) in [6.07, 6.45) is 3.98. The van der Waals surface area contributed by atoms with Crippen molar-refractivity contribution in [2.45, 2.75) is 13.1 Å². The molecule has 5 rings (SSSR count). The summed E-state index contributed by atoms with van der Waals surface area (Å²) in [6.45, 7) is 0.114. The molecule has 0 unspecified atom stereocenters. The van der Waals surface area contributed by atoms with E-state index < -0.39 is 23.4 Å². The second-order valence-electron chi connectivity index (χ2n) is 7.51. The van der Waals surface area contributed by atoms with E-state index in [1.807, 2.05) is 0 Å². The van der Waals surface area contributed by atoms with Crippen molar-refractivity contribution in [3.8, 4) is 0 Å². The molecule has 35 heavy (non-hydrogen) atoms. The van der Waals surface area contributed by atoms with Crippen LogP contribution in [0, 0.1) is 5.82 Å². The zero-order valence-corrected chi connectivity index (χ0v) is 18.2. The Kier molecular flexibility index (Phi) is 5.49. The zero-order valence-electron chi connectivity index (χ0n) is 18.2. The molecule has 5 aromatic rings. The third kappa shape index (κ3) is 4.21. The Morgan fingerprint density at radius 2 is 1.86 bits per heavy atom. The van der Waals surface area contributed by atoms with Crippen LogP contribution in [0.15, 0.2) is 58.1 Å². The van der Waals surface area contributed by atoms with E-state index >= 15 is 0 Å². The molecule has 4 aromatic heterocycles. The number of aromatic nitrogens is 6. The van der Waals surface area contributed by atoms with E-state index in [1.165, 1.54) is 23.0 Å². The number of nitrogens with zero attached hydrogens (tertiary/aromatic N) is 6. The van der Waals surface area contributed by atoms with Crippen LogP contribution in [0.1, 0.15) is 32.4 Å². The van der Waals surface area contributed by atoms with Crippen molar-refractivity contribution < 1.29 is 18.4 Å². The Labute approximate surface area is 195 Å². The van der Waals surface area contributed by atoms with E-state index in [-0.39, 0.29) is 30.1 Å². The molecule has 176 valence electrons. The number of amides is 2. The molecule has 4 heterocycles. The number of nitrogens with one attached hydrogen (secondary N) is 2. The van der Waals surface area contributed by atoms with Gasteiger partial charge in [0, 0.05) is 32.1 Å². The van der Waals surface area contributed by atoms with E-state index in [4.69, 9.17) is 4.42 Å². The molecule has 0 aliphatic heterocycles. The van der Waals surface area contributed by atoms with Gasteiger partial charge in [-0.25, -0.2) is 28.7 Å². The maximum Gasteiger partial charge on any atom is 0.419 e. The second-order valence-corrected chi connectivity index (χ2v) is 7.51. The number of benzene rings is 1. The average molecular weight is 476 g/mol. The molecule has 0 spiro atoms. The van der Waals surface area contributed by atoms with Crippen LogP contribution in [0.5, 0.6) is 0 Å². The molecular formula is C22H17FN8O4. The van der Waals surface area contributed by atoms with Crippen molar-refractivity contribution in [3.63, 3.8) is 0 Å². The van der Waals surface area contributed by atoms with Crippen LogP contribution in [0.3, 0.4) is 0 Å². The van der Waals surface area contributed by atoms with Gasteiger partial charge in [0.2, 0.25) is 0 Å². The molecule has 2 amide bonds. The fourth-order valence-electron chi connectivity index (χ4n) is 3.44. The number of carbonyl (C=O) groups is 2. The molecule has 12 nitrogen and oxygen atoms in total. The van der Waals surface area contributed by atoms with E-state index in [2.05, 4.69) is 30.7 Å². The van der Waals surface area contributed by atoms with Gasteiger partial charge in [-0.2, -0.15) is 5.10 Å². The Morgan fingerprint density at radius 3 is 2.66 bits per heavy atom. The first-order valence-electron chi connectivity index (χ1n) is 10.4. The number of rotatable bonds is 6. The first-order chi connectivity index (χ1) is 16.9. The quantitative estimate of drug-likeness (QED) is 0.368. The molecule has 0 bridgehead atoms. The lowest BCUT2D eigenvalue weighted by Crippen LogP contribution is -2.29. The van der Waals surface area contributed by atoms with Crippen LogP contribution < -0.4 is 16.4 Å². The van der Waals surface area contributed by atoms with Crippen LogP contribution in [-0.2, 0) is 20.1 Å². The standard InChI is InChI=1S/C22H17FN8O4/c1-30-15-7-12(3-4-17(15)35-22(30)34)9-26-20(32)14-8-16(31-19(29-14)13(23)10-28-31)21(33)27-11-18-24-5-2-6-25-18/h2-8,10H,9,11H2,1H3,(H,26,32)(H,27,33). The maximum atomic E-state index is 14.3. The minimum atomic E-state index is -0.786. The molecule has 0 fully saturated rings. The second kappa shape index (κ2) is 8.78. The third-order valence-electron chi connectivity index (χ3n) is 5.23. The fourth-order valence-corrected chi connectivity index (χ4v) is 3.44.